The molecule has 43 heavy (non-hydrogen) atoms. The summed E-state index contributed by atoms with van der Waals surface area (Å²) < 4.78 is 23.6. The van der Waals surface area contributed by atoms with Gasteiger partial charge in [-0.1, -0.05) is 59.9 Å². The second-order valence-corrected chi connectivity index (χ2v) is 10.2. The Balaban J connectivity index is 1.86. The topological polar surface area (TPSA) is 131 Å². The van der Waals surface area contributed by atoms with E-state index in [-0.39, 0.29) is 28.1 Å². The van der Waals surface area contributed by atoms with Gasteiger partial charge in [-0.15, -0.1) is 0 Å². The third-order valence-electron chi connectivity index (χ3n) is 6.80. The molecule has 5 rings (SSSR count). The van der Waals surface area contributed by atoms with Gasteiger partial charge >= 0.3 is 11.7 Å². The fourth-order valence-electron chi connectivity index (χ4n) is 4.95. The van der Waals surface area contributed by atoms with Crippen molar-refractivity contribution in [3.05, 3.63) is 119 Å². The van der Waals surface area contributed by atoms with E-state index in [1.807, 2.05) is 30.3 Å². The Bertz CT molecular complexity index is 1930. The van der Waals surface area contributed by atoms with E-state index in [0.717, 1.165) is 11.3 Å². The number of nitro benzene ring substituents is 1. The number of hydrogen-bond acceptors (Lipinski definition) is 10. The summed E-state index contributed by atoms with van der Waals surface area (Å²) in [5.41, 5.74) is 1.37. The smallest absolute Gasteiger partial charge is 0.338 e. The molecule has 0 saturated carbocycles. The summed E-state index contributed by atoms with van der Waals surface area (Å²) in [5.74, 6) is 0.209. The zero-order valence-corrected chi connectivity index (χ0v) is 24.5. The number of benzene rings is 3. The molecule has 0 bridgehead atoms. The Kier molecular flexibility index (Phi) is 8.39. The van der Waals surface area contributed by atoms with Crippen LogP contribution in [-0.2, 0) is 9.53 Å². The number of para-hydroxylation sites is 1. The van der Waals surface area contributed by atoms with E-state index in [1.54, 1.807) is 37.3 Å². The van der Waals surface area contributed by atoms with E-state index >= 15 is 0 Å². The predicted octanol–water partition coefficient (Wildman–Crippen LogP) is 3.87. The number of hydrogen-bond donors (Lipinski definition) is 0. The maximum absolute atomic E-state index is 14.1. The Hall–Kier alpha value is -5.23. The van der Waals surface area contributed by atoms with Gasteiger partial charge in [-0.05, 0) is 30.7 Å². The molecule has 1 unspecified atom stereocenters. The number of carbonyl (C=O) groups is 1. The molecule has 1 atom stereocenters. The molecule has 1 aliphatic heterocycles. The monoisotopic (exact) mass is 601 g/mol. The first-order chi connectivity index (χ1) is 20.8. The van der Waals surface area contributed by atoms with Crippen molar-refractivity contribution in [1.82, 2.24) is 4.57 Å². The van der Waals surface area contributed by atoms with Crippen LogP contribution in [0.5, 0.6) is 17.2 Å². The van der Waals surface area contributed by atoms with Crippen LogP contribution >= 0.6 is 11.3 Å². The van der Waals surface area contributed by atoms with Crippen molar-refractivity contribution in [3.63, 3.8) is 0 Å². The van der Waals surface area contributed by atoms with Crippen molar-refractivity contribution < 1.29 is 28.7 Å². The van der Waals surface area contributed by atoms with Crippen LogP contribution in [0.2, 0.25) is 0 Å². The summed E-state index contributed by atoms with van der Waals surface area (Å²) in [6.07, 6.45) is 1.55. The number of nitrogens with zero attached hydrogens (tertiary/aromatic N) is 3. The van der Waals surface area contributed by atoms with Crippen LogP contribution in [0.4, 0.5) is 5.69 Å². The molecule has 0 radical (unpaired) electrons. The average molecular weight is 602 g/mol. The number of nitro groups is 1. The average Bonchev–Trinajstić information content (AvgIpc) is 3.34. The summed E-state index contributed by atoms with van der Waals surface area (Å²) in [6, 6.07) is 17.8. The van der Waals surface area contributed by atoms with Crippen molar-refractivity contribution in [2.24, 2.45) is 4.99 Å². The molecular formula is C31H27N3O8S. The first kappa shape index (κ1) is 29.3. The number of fused-ring (bicyclic) bond motifs is 1. The van der Waals surface area contributed by atoms with Crippen LogP contribution in [0.15, 0.2) is 82.1 Å². The number of ether oxygens (including phenoxy) is 4. The number of carbonyl (C=O) groups excluding carboxylic acids is 1. The van der Waals surface area contributed by atoms with Gasteiger partial charge in [0, 0.05) is 17.2 Å². The van der Waals surface area contributed by atoms with Crippen LogP contribution in [0.1, 0.15) is 29.7 Å². The molecule has 220 valence electrons. The fraction of sp³-hybridized carbons (Fsp3) is 0.194. The summed E-state index contributed by atoms with van der Waals surface area (Å²) in [4.78, 5) is 44.0. The number of esters is 1. The van der Waals surface area contributed by atoms with Crippen molar-refractivity contribution in [2.75, 3.05) is 27.9 Å². The number of thiazole rings is 1. The van der Waals surface area contributed by atoms with Crippen LogP contribution < -0.4 is 29.1 Å². The highest BCUT2D eigenvalue weighted by Crippen LogP contribution is 2.42. The van der Waals surface area contributed by atoms with Gasteiger partial charge in [0.1, 0.15) is 6.04 Å². The zero-order valence-electron chi connectivity index (χ0n) is 23.7. The molecule has 0 amide bonds. The highest BCUT2D eigenvalue weighted by molar-refractivity contribution is 7.07. The standard InChI is InChI=1S/C31H27N3O8S/c1-5-42-30(36)25-26(19-10-7-6-8-11-19)32-31-33(27(25)20-12-9-13-23(40-3)28(20)41-4)29(35)24(43-31)17-18-14-15-22(39-2)21(16-18)34(37)38/h6-17,27H,5H2,1-4H3. The highest BCUT2D eigenvalue weighted by atomic mass is 32.1. The minimum atomic E-state index is -0.997. The lowest BCUT2D eigenvalue weighted by molar-refractivity contribution is -0.385. The summed E-state index contributed by atoms with van der Waals surface area (Å²) in [5, 5.41) is 11.6. The Morgan fingerprint density at radius 2 is 1.77 bits per heavy atom. The lowest BCUT2D eigenvalue weighted by Gasteiger charge is -2.27. The van der Waals surface area contributed by atoms with Crippen molar-refractivity contribution in [2.45, 2.75) is 13.0 Å². The largest absolute Gasteiger partial charge is 0.493 e. The Morgan fingerprint density at radius 1 is 1.02 bits per heavy atom. The highest BCUT2D eigenvalue weighted by Gasteiger charge is 2.37. The van der Waals surface area contributed by atoms with E-state index in [0.29, 0.717) is 38.7 Å². The molecule has 1 aliphatic rings. The van der Waals surface area contributed by atoms with Crippen LogP contribution in [-0.4, -0.2) is 43.4 Å². The summed E-state index contributed by atoms with van der Waals surface area (Å²) >= 11 is 1.10. The molecule has 4 aromatic rings. The number of rotatable bonds is 9. The molecule has 0 spiro atoms. The van der Waals surface area contributed by atoms with E-state index in [4.69, 9.17) is 23.9 Å². The van der Waals surface area contributed by atoms with Crippen molar-refractivity contribution in [3.8, 4) is 17.2 Å². The van der Waals surface area contributed by atoms with Gasteiger partial charge in [-0.2, -0.15) is 0 Å². The van der Waals surface area contributed by atoms with Gasteiger partial charge in [0.15, 0.2) is 22.0 Å². The van der Waals surface area contributed by atoms with Gasteiger partial charge in [-0.25, -0.2) is 9.79 Å². The quantitative estimate of drug-likeness (QED) is 0.161. The molecular weight excluding hydrogens is 574 g/mol. The minimum Gasteiger partial charge on any atom is -0.493 e. The summed E-state index contributed by atoms with van der Waals surface area (Å²) in [7, 11) is 4.32. The summed E-state index contributed by atoms with van der Waals surface area (Å²) in [6.45, 7) is 1.80. The van der Waals surface area contributed by atoms with E-state index in [1.165, 1.54) is 38.0 Å². The fourth-order valence-corrected chi connectivity index (χ4v) is 5.95. The maximum atomic E-state index is 14.1. The molecule has 11 nitrogen and oxygen atoms in total. The maximum Gasteiger partial charge on any atom is 0.338 e. The third kappa shape index (κ3) is 5.40. The van der Waals surface area contributed by atoms with Crippen molar-refractivity contribution >= 4 is 34.8 Å². The van der Waals surface area contributed by atoms with Gasteiger partial charge in [-0.3, -0.25) is 19.5 Å². The number of methoxy groups -OCH3 is 3. The molecule has 0 N–H and O–H groups in total. The molecule has 0 fully saturated rings. The van der Waals surface area contributed by atoms with Crippen LogP contribution in [0.3, 0.4) is 0 Å². The lowest BCUT2D eigenvalue weighted by atomic mass is 9.92. The first-order valence-electron chi connectivity index (χ1n) is 13.1. The van der Waals surface area contributed by atoms with Crippen LogP contribution in [0, 0.1) is 10.1 Å². The zero-order chi connectivity index (χ0) is 30.7. The second-order valence-electron chi connectivity index (χ2n) is 9.20. The van der Waals surface area contributed by atoms with Gasteiger partial charge in [0.05, 0.1) is 48.7 Å². The Labute approximate surface area is 249 Å². The van der Waals surface area contributed by atoms with Crippen LogP contribution in [0.25, 0.3) is 11.8 Å². The normalized spacial score (nSPS) is 14.5. The van der Waals surface area contributed by atoms with E-state index in [9.17, 15) is 19.7 Å². The molecule has 3 aromatic carbocycles. The number of aromatic nitrogens is 1. The molecule has 1 aromatic heterocycles. The minimum absolute atomic E-state index is 0.0975. The van der Waals surface area contributed by atoms with E-state index < -0.39 is 22.5 Å². The third-order valence-corrected chi connectivity index (χ3v) is 7.78. The van der Waals surface area contributed by atoms with Gasteiger partial charge in [0.25, 0.3) is 5.56 Å². The van der Waals surface area contributed by atoms with Crippen molar-refractivity contribution in [1.29, 1.82) is 0 Å². The van der Waals surface area contributed by atoms with E-state index in [2.05, 4.69) is 0 Å². The molecule has 0 aliphatic carbocycles. The first-order valence-corrected chi connectivity index (χ1v) is 14.0. The Morgan fingerprint density at radius 3 is 2.42 bits per heavy atom. The predicted molar refractivity (Wildman–Crippen MR) is 160 cm³/mol. The van der Waals surface area contributed by atoms with Gasteiger partial charge < -0.3 is 18.9 Å². The van der Waals surface area contributed by atoms with Gasteiger partial charge in [0.2, 0.25) is 0 Å². The lowest BCUT2D eigenvalue weighted by Crippen LogP contribution is -2.40. The molecule has 2 heterocycles. The molecule has 12 heteroatoms. The SMILES string of the molecule is CCOC(=O)C1=C(c2ccccc2)N=c2sc(=Cc3ccc(OC)c([N+](=O)[O-])c3)c(=O)n2C1c1cccc(OC)c1OC. The molecule has 0 saturated heterocycles. The second kappa shape index (κ2) is 12.3.